The van der Waals surface area contributed by atoms with Gasteiger partial charge < -0.3 is 10.5 Å². The van der Waals surface area contributed by atoms with E-state index in [1.54, 1.807) is 19.9 Å². The molecular weight excluding hydrogens is 221 g/mol. The van der Waals surface area contributed by atoms with Crippen LogP contribution in [0.1, 0.15) is 27.9 Å². The lowest BCUT2D eigenvalue weighted by Crippen LogP contribution is -2.32. The van der Waals surface area contributed by atoms with Crippen molar-refractivity contribution in [2.45, 2.75) is 26.3 Å². The van der Waals surface area contributed by atoms with Crippen LogP contribution in [0.25, 0.3) is 0 Å². The molecule has 94 valence electrons. The van der Waals surface area contributed by atoms with Gasteiger partial charge in [-0.25, -0.2) is 4.39 Å². The minimum absolute atomic E-state index is 0.0965. The molecule has 2 N–H and O–H groups in total. The van der Waals surface area contributed by atoms with E-state index in [9.17, 15) is 9.18 Å². The Balaban J connectivity index is 2.96. The quantitative estimate of drug-likeness (QED) is 0.799. The number of Topliss-reactive ketones (excluding diaryl/α,β-unsaturated/α-hetero) is 1. The Hall–Kier alpha value is -1.26. The average Bonchev–Trinajstić information content (AvgIpc) is 2.24. The van der Waals surface area contributed by atoms with E-state index < -0.39 is 11.9 Å². The lowest BCUT2D eigenvalue weighted by atomic mass is 9.96. The lowest BCUT2D eigenvalue weighted by molar-refractivity contribution is 0.0930. The standard InChI is InChI=1S/C13H18FNO2/c1-8-6-9(2)12(10(14)7-8)13(16)11(15)4-5-17-3/h6-7,11H,4-5,15H2,1-3H3. The lowest BCUT2D eigenvalue weighted by Gasteiger charge is -2.13. The minimum atomic E-state index is -0.717. The van der Waals surface area contributed by atoms with Crippen LogP contribution in [0, 0.1) is 19.7 Å². The summed E-state index contributed by atoms with van der Waals surface area (Å²) in [5, 5.41) is 0. The number of methoxy groups -OCH3 is 1. The molecule has 0 heterocycles. The first-order valence-electron chi connectivity index (χ1n) is 5.52. The predicted molar refractivity (Wildman–Crippen MR) is 64.7 cm³/mol. The number of nitrogens with two attached hydrogens (primary N) is 1. The molecule has 0 aromatic heterocycles. The highest BCUT2D eigenvalue weighted by atomic mass is 19.1. The summed E-state index contributed by atoms with van der Waals surface area (Å²) >= 11 is 0. The maximum absolute atomic E-state index is 13.7. The summed E-state index contributed by atoms with van der Waals surface area (Å²) in [6.45, 7) is 3.89. The fourth-order valence-corrected chi connectivity index (χ4v) is 1.79. The van der Waals surface area contributed by atoms with Gasteiger partial charge in [0.15, 0.2) is 5.78 Å². The average molecular weight is 239 g/mol. The summed E-state index contributed by atoms with van der Waals surface area (Å²) < 4.78 is 18.6. The molecule has 0 aliphatic rings. The molecule has 0 saturated heterocycles. The molecule has 4 heteroatoms. The van der Waals surface area contributed by atoms with E-state index >= 15 is 0 Å². The van der Waals surface area contributed by atoms with Crippen LogP contribution < -0.4 is 5.73 Å². The molecule has 0 aliphatic heterocycles. The first-order valence-corrected chi connectivity index (χ1v) is 5.52. The zero-order valence-corrected chi connectivity index (χ0v) is 10.4. The second-order valence-corrected chi connectivity index (χ2v) is 4.19. The third-order valence-electron chi connectivity index (χ3n) is 2.65. The first-order chi connectivity index (χ1) is 7.97. The SMILES string of the molecule is COCCC(N)C(=O)c1c(C)cc(C)cc1F. The van der Waals surface area contributed by atoms with E-state index in [1.807, 2.05) is 0 Å². The molecule has 0 saturated carbocycles. The van der Waals surface area contributed by atoms with Gasteiger partial charge in [0.1, 0.15) is 5.82 Å². The fourth-order valence-electron chi connectivity index (χ4n) is 1.79. The van der Waals surface area contributed by atoms with Crippen LogP contribution >= 0.6 is 0 Å². The van der Waals surface area contributed by atoms with Gasteiger partial charge in [0, 0.05) is 13.7 Å². The number of carbonyl (C=O) groups excluding carboxylic acids is 1. The van der Waals surface area contributed by atoms with Crippen molar-refractivity contribution in [1.82, 2.24) is 0 Å². The molecule has 0 spiro atoms. The molecule has 0 fully saturated rings. The summed E-state index contributed by atoms with van der Waals surface area (Å²) in [7, 11) is 1.54. The second kappa shape index (κ2) is 5.89. The molecule has 1 aromatic rings. The number of benzene rings is 1. The minimum Gasteiger partial charge on any atom is -0.385 e. The topological polar surface area (TPSA) is 52.3 Å². The zero-order valence-electron chi connectivity index (χ0n) is 10.4. The Kier molecular flexibility index (Phi) is 4.78. The van der Waals surface area contributed by atoms with Crippen molar-refractivity contribution in [3.63, 3.8) is 0 Å². The molecule has 0 radical (unpaired) electrons. The van der Waals surface area contributed by atoms with E-state index in [4.69, 9.17) is 10.5 Å². The number of ketones is 1. The third kappa shape index (κ3) is 3.35. The number of hydrogen-bond acceptors (Lipinski definition) is 3. The number of hydrogen-bond donors (Lipinski definition) is 1. The van der Waals surface area contributed by atoms with Crippen molar-refractivity contribution in [2.75, 3.05) is 13.7 Å². The second-order valence-electron chi connectivity index (χ2n) is 4.19. The highest BCUT2D eigenvalue weighted by Gasteiger charge is 2.21. The van der Waals surface area contributed by atoms with Crippen LogP contribution in [0.15, 0.2) is 12.1 Å². The number of halogens is 1. The van der Waals surface area contributed by atoms with Crippen molar-refractivity contribution < 1.29 is 13.9 Å². The van der Waals surface area contributed by atoms with E-state index in [0.717, 1.165) is 5.56 Å². The normalized spacial score (nSPS) is 12.5. The van der Waals surface area contributed by atoms with Crippen LogP contribution in [0.3, 0.4) is 0 Å². The first kappa shape index (κ1) is 13.8. The van der Waals surface area contributed by atoms with Gasteiger partial charge in [-0.05, 0) is 37.5 Å². The maximum Gasteiger partial charge on any atom is 0.182 e. The van der Waals surface area contributed by atoms with E-state index in [0.29, 0.717) is 18.6 Å². The van der Waals surface area contributed by atoms with Gasteiger partial charge in [0.2, 0.25) is 0 Å². The smallest absolute Gasteiger partial charge is 0.182 e. The van der Waals surface area contributed by atoms with Gasteiger partial charge in [-0.15, -0.1) is 0 Å². The molecule has 1 unspecified atom stereocenters. The van der Waals surface area contributed by atoms with Gasteiger partial charge >= 0.3 is 0 Å². The zero-order chi connectivity index (χ0) is 13.0. The van der Waals surface area contributed by atoms with Crippen molar-refractivity contribution in [2.24, 2.45) is 5.73 Å². The highest BCUT2D eigenvalue weighted by Crippen LogP contribution is 2.17. The number of carbonyl (C=O) groups is 1. The van der Waals surface area contributed by atoms with Crippen LogP contribution in [-0.2, 0) is 4.74 Å². The number of aryl methyl sites for hydroxylation is 2. The fraction of sp³-hybridized carbons (Fsp3) is 0.462. The molecule has 1 rings (SSSR count). The van der Waals surface area contributed by atoms with Gasteiger partial charge in [-0.2, -0.15) is 0 Å². The predicted octanol–water partition coefficient (Wildman–Crippen LogP) is 1.99. The van der Waals surface area contributed by atoms with Crippen molar-refractivity contribution in [3.05, 3.63) is 34.6 Å². The Morgan fingerprint density at radius 3 is 2.65 bits per heavy atom. The monoisotopic (exact) mass is 239 g/mol. The molecule has 0 aliphatic carbocycles. The van der Waals surface area contributed by atoms with Crippen molar-refractivity contribution in [3.8, 4) is 0 Å². The Labute approximate surface area is 101 Å². The molecular formula is C13H18FNO2. The number of ether oxygens (including phenoxy) is 1. The molecule has 17 heavy (non-hydrogen) atoms. The summed E-state index contributed by atoms with van der Waals surface area (Å²) in [6.07, 6.45) is 0.391. The largest absolute Gasteiger partial charge is 0.385 e. The molecule has 1 aromatic carbocycles. The Morgan fingerprint density at radius 2 is 2.12 bits per heavy atom. The summed E-state index contributed by atoms with van der Waals surface area (Å²) in [5.41, 5.74) is 7.23. The van der Waals surface area contributed by atoms with Gasteiger partial charge in [-0.3, -0.25) is 4.79 Å². The van der Waals surface area contributed by atoms with E-state index in [1.165, 1.54) is 13.2 Å². The van der Waals surface area contributed by atoms with Gasteiger partial charge in [0.25, 0.3) is 0 Å². The molecule has 0 amide bonds. The van der Waals surface area contributed by atoms with Crippen LogP contribution in [0.4, 0.5) is 4.39 Å². The summed E-state index contributed by atoms with van der Waals surface area (Å²) in [4.78, 5) is 12.0. The Bertz CT molecular complexity index is 395. The van der Waals surface area contributed by atoms with E-state index in [2.05, 4.69) is 0 Å². The van der Waals surface area contributed by atoms with Crippen molar-refractivity contribution in [1.29, 1.82) is 0 Å². The van der Waals surface area contributed by atoms with E-state index in [-0.39, 0.29) is 11.3 Å². The van der Waals surface area contributed by atoms with Crippen LogP contribution in [0.5, 0.6) is 0 Å². The van der Waals surface area contributed by atoms with Crippen molar-refractivity contribution >= 4 is 5.78 Å². The third-order valence-corrected chi connectivity index (χ3v) is 2.65. The van der Waals surface area contributed by atoms with Crippen LogP contribution in [0.2, 0.25) is 0 Å². The maximum atomic E-state index is 13.7. The Morgan fingerprint density at radius 1 is 1.47 bits per heavy atom. The number of rotatable bonds is 5. The summed E-state index contributed by atoms with van der Waals surface area (Å²) in [6, 6.07) is 2.41. The highest BCUT2D eigenvalue weighted by molar-refractivity contribution is 6.01. The van der Waals surface area contributed by atoms with Crippen LogP contribution in [-0.4, -0.2) is 25.5 Å². The molecule has 3 nitrogen and oxygen atoms in total. The molecule has 1 atom stereocenters. The summed E-state index contributed by atoms with van der Waals surface area (Å²) in [5.74, 6) is -0.864. The molecule has 0 bridgehead atoms. The van der Waals surface area contributed by atoms with Gasteiger partial charge in [0.05, 0.1) is 11.6 Å². The van der Waals surface area contributed by atoms with Gasteiger partial charge in [-0.1, -0.05) is 6.07 Å².